The molecule has 0 unspecified atom stereocenters. The van der Waals surface area contributed by atoms with E-state index in [1.165, 1.54) is 32.9 Å². The van der Waals surface area contributed by atoms with Crippen molar-refractivity contribution in [1.82, 2.24) is 14.4 Å². The average Bonchev–Trinajstić information content (AvgIpc) is 3.16. The van der Waals surface area contributed by atoms with E-state index < -0.39 is 0 Å². The topological polar surface area (TPSA) is 111 Å². The van der Waals surface area contributed by atoms with Crippen molar-refractivity contribution in [2.45, 2.75) is 51.0 Å². The minimum Gasteiger partial charge on any atom is -0.370 e. The van der Waals surface area contributed by atoms with E-state index in [1.54, 1.807) is 0 Å². The van der Waals surface area contributed by atoms with Crippen molar-refractivity contribution in [2.75, 3.05) is 26.2 Å². The molecular weight excluding hydrogens is 410 g/mol. The Morgan fingerprint density at radius 1 is 0.758 bits per heavy atom. The number of nitrogens with two attached hydrogens (primary N) is 2. The van der Waals surface area contributed by atoms with Crippen LogP contribution in [0, 0.1) is 10.8 Å². The monoisotopic (exact) mass is 445 g/mol. The molecule has 7 nitrogen and oxygen atoms in total. The fraction of sp³-hybridized carbons (Fsp3) is 0.462. The van der Waals surface area contributed by atoms with Crippen molar-refractivity contribution in [3.05, 3.63) is 47.5 Å². The van der Waals surface area contributed by atoms with E-state index >= 15 is 0 Å². The van der Waals surface area contributed by atoms with Crippen LogP contribution in [0.3, 0.4) is 0 Å². The van der Waals surface area contributed by atoms with E-state index in [4.69, 9.17) is 22.3 Å². The van der Waals surface area contributed by atoms with Crippen LogP contribution in [0.2, 0.25) is 0 Å². The molecule has 5 rings (SSSR count). The van der Waals surface area contributed by atoms with Gasteiger partial charge in [-0.1, -0.05) is 12.1 Å². The van der Waals surface area contributed by atoms with E-state index in [-0.39, 0.29) is 11.9 Å². The summed E-state index contributed by atoms with van der Waals surface area (Å²) in [6, 6.07) is 14.0. The highest BCUT2D eigenvalue weighted by molar-refractivity contribution is 6.08. The number of benzene rings is 2. The third-order valence-electron chi connectivity index (χ3n) is 7.84. The molecule has 0 saturated carbocycles. The first kappa shape index (κ1) is 21.6. The zero-order chi connectivity index (χ0) is 23.1. The van der Waals surface area contributed by atoms with Crippen molar-refractivity contribution in [3.63, 3.8) is 0 Å². The van der Waals surface area contributed by atoms with Crippen molar-refractivity contribution in [1.29, 1.82) is 10.8 Å². The predicted octanol–water partition coefficient (Wildman–Crippen LogP) is 3.96. The number of nitrogens with one attached hydrogen (secondary N) is 2. The second-order valence-corrected chi connectivity index (χ2v) is 9.59. The summed E-state index contributed by atoms with van der Waals surface area (Å²) in [7, 11) is 0. The summed E-state index contributed by atoms with van der Waals surface area (Å²) in [5.41, 5.74) is 16.8. The van der Waals surface area contributed by atoms with Crippen molar-refractivity contribution >= 4 is 33.7 Å². The maximum absolute atomic E-state index is 7.70. The smallest absolute Gasteiger partial charge is 0.188 e. The number of aromatic nitrogens is 1. The zero-order valence-electron chi connectivity index (χ0n) is 19.5. The van der Waals surface area contributed by atoms with Crippen LogP contribution in [0.15, 0.2) is 36.4 Å². The molecule has 2 saturated heterocycles. The van der Waals surface area contributed by atoms with Crippen LogP contribution >= 0.6 is 0 Å². The third-order valence-corrected chi connectivity index (χ3v) is 7.84. The molecule has 3 aromatic rings. The second-order valence-electron chi connectivity index (χ2n) is 9.59. The lowest BCUT2D eigenvalue weighted by atomic mass is 9.87. The predicted molar refractivity (Wildman–Crippen MR) is 136 cm³/mol. The maximum atomic E-state index is 7.70. The molecule has 0 amide bonds. The molecule has 33 heavy (non-hydrogen) atoms. The summed E-state index contributed by atoms with van der Waals surface area (Å²) in [4.78, 5) is 3.95. The van der Waals surface area contributed by atoms with Crippen molar-refractivity contribution in [2.24, 2.45) is 11.5 Å². The molecule has 3 heterocycles. The Kier molecular flexibility index (Phi) is 5.64. The third kappa shape index (κ3) is 3.90. The Balaban J connectivity index is 1.48. The Morgan fingerprint density at radius 3 is 1.48 bits per heavy atom. The highest BCUT2D eigenvalue weighted by atomic mass is 15.2. The van der Waals surface area contributed by atoms with E-state index in [2.05, 4.69) is 47.9 Å². The molecule has 0 bridgehead atoms. The number of hydrogen-bond acceptors (Lipinski definition) is 2. The van der Waals surface area contributed by atoms with Crippen LogP contribution in [0.4, 0.5) is 0 Å². The largest absolute Gasteiger partial charge is 0.370 e. The minimum absolute atomic E-state index is 0.191. The number of piperidine rings is 2. The lowest BCUT2D eigenvalue weighted by molar-refractivity contribution is 0.309. The Hall–Kier alpha value is -3.22. The van der Waals surface area contributed by atoms with Crippen molar-refractivity contribution in [3.8, 4) is 0 Å². The summed E-state index contributed by atoms with van der Waals surface area (Å²) in [5.74, 6) is 1.42. The number of fused-ring (bicyclic) bond motifs is 3. The van der Waals surface area contributed by atoms with Gasteiger partial charge in [0.15, 0.2) is 11.9 Å². The fourth-order valence-electron chi connectivity index (χ4n) is 5.90. The van der Waals surface area contributed by atoms with Gasteiger partial charge in [-0.3, -0.25) is 10.8 Å². The molecule has 6 N–H and O–H groups in total. The molecule has 174 valence electrons. The van der Waals surface area contributed by atoms with Gasteiger partial charge < -0.3 is 25.8 Å². The van der Waals surface area contributed by atoms with Crippen LogP contribution < -0.4 is 11.5 Å². The van der Waals surface area contributed by atoms with E-state index in [0.717, 1.165) is 58.4 Å². The normalized spacial score (nSPS) is 18.3. The van der Waals surface area contributed by atoms with Crippen LogP contribution in [0.5, 0.6) is 0 Å². The summed E-state index contributed by atoms with van der Waals surface area (Å²) in [5, 5.41) is 18.1. The van der Waals surface area contributed by atoms with Gasteiger partial charge in [0.05, 0.1) is 0 Å². The van der Waals surface area contributed by atoms with Gasteiger partial charge in [0.2, 0.25) is 0 Å². The molecule has 2 aliphatic heterocycles. The van der Waals surface area contributed by atoms with Crippen LogP contribution in [-0.4, -0.2) is 52.5 Å². The van der Waals surface area contributed by atoms with Gasteiger partial charge in [0.1, 0.15) is 0 Å². The number of nitrogens with zero attached hydrogens (tertiary/aromatic N) is 3. The molecule has 2 fully saturated rings. The van der Waals surface area contributed by atoms with Gasteiger partial charge in [-0.05, 0) is 79.8 Å². The first-order valence-electron chi connectivity index (χ1n) is 12.2. The first-order valence-corrected chi connectivity index (χ1v) is 12.2. The van der Waals surface area contributed by atoms with Crippen LogP contribution in [0.25, 0.3) is 21.8 Å². The number of guanidine groups is 2. The van der Waals surface area contributed by atoms with Gasteiger partial charge >= 0.3 is 0 Å². The molecule has 0 atom stereocenters. The summed E-state index contributed by atoms with van der Waals surface area (Å²) in [6.07, 6.45) is 4.16. The fourth-order valence-corrected chi connectivity index (χ4v) is 5.90. The summed E-state index contributed by atoms with van der Waals surface area (Å²) < 4.78 is 2.43. The van der Waals surface area contributed by atoms with Crippen molar-refractivity contribution < 1.29 is 0 Å². The standard InChI is InChI=1S/C26H35N7/c1-2-33-23-5-3-19(17-7-11-31(12-8-17)25(27)28)15-21(23)22-16-20(4-6-24(22)33)18-9-13-32(14-10-18)26(29)30/h3-6,15-18H,2,7-14H2,1H3,(H3,27,28)(H3,29,30). The lowest BCUT2D eigenvalue weighted by Crippen LogP contribution is -2.41. The van der Waals surface area contributed by atoms with E-state index in [9.17, 15) is 0 Å². The van der Waals surface area contributed by atoms with Gasteiger partial charge in [-0.2, -0.15) is 0 Å². The summed E-state index contributed by atoms with van der Waals surface area (Å²) >= 11 is 0. The van der Waals surface area contributed by atoms with Gasteiger partial charge in [-0.25, -0.2) is 0 Å². The zero-order valence-corrected chi connectivity index (χ0v) is 19.5. The van der Waals surface area contributed by atoms with Gasteiger partial charge in [0, 0.05) is 54.5 Å². The molecule has 1 aromatic heterocycles. The number of hydrogen-bond donors (Lipinski definition) is 4. The Morgan fingerprint density at radius 2 is 1.15 bits per heavy atom. The molecule has 7 heteroatoms. The molecule has 0 spiro atoms. The Bertz CT molecular complexity index is 1100. The maximum Gasteiger partial charge on any atom is 0.188 e. The number of aryl methyl sites for hydroxylation is 1. The van der Waals surface area contributed by atoms with Crippen LogP contribution in [0.1, 0.15) is 55.6 Å². The lowest BCUT2D eigenvalue weighted by Gasteiger charge is -2.32. The average molecular weight is 446 g/mol. The van der Waals surface area contributed by atoms with E-state index in [0.29, 0.717) is 11.8 Å². The quantitative estimate of drug-likeness (QED) is 0.361. The Labute approximate surface area is 195 Å². The molecule has 0 radical (unpaired) electrons. The molecule has 2 aliphatic rings. The van der Waals surface area contributed by atoms with E-state index in [1.807, 2.05) is 9.80 Å². The SMILES string of the molecule is CCn1c2ccc(C3CCN(C(=N)N)CC3)cc2c2cc(C3CCN(C(=N)N)CC3)ccc21. The molecule has 2 aromatic carbocycles. The molecular formula is C26H35N7. The minimum atomic E-state index is 0.191. The first-order chi connectivity index (χ1) is 16.0. The second kappa shape index (κ2) is 8.61. The summed E-state index contributed by atoms with van der Waals surface area (Å²) in [6.45, 7) is 6.60. The molecule has 0 aliphatic carbocycles. The number of likely N-dealkylation sites (tertiary alicyclic amines) is 2. The highest BCUT2D eigenvalue weighted by Crippen LogP contribution is 2.37. The van der Waals surface area contributed by atoms with Crippen LogP contribution in [-0.2, 0) is 6.54 Å². The highest BCUT2D eigenvalue weighted by Gasteiger charge is 2.24. The number of rotatable bonds is 3. The van der Waals surface area contributed by atoms with Gasteiger partial charge in [0.25, 0.3) is 0 Å². The van der Waals surface area contributed by atoms with Gasteiger partial charge in [-0.15, -0.1) is 0 Å².